The summed E-state index contributed by atoms with van der Waals surface area (Å²) in [5, 5.41) is 1.07. The minimum Gasteiger partial charge on any atom is -0.383 e. The van der Waals surface area contributed by atoms with Gasteiger partial charge in [0.25, 0.3) is 0 Å². The van der Waals surface area contributed by atoms with Gasteiger partial charge in [0.1, 0.15) is 16.5 Å². The van der Waals surface area contributed by atoms with Crippen LogP contribution in [0.25, 0.3) is 10.2 Å². The monoisotopic (exact) mass is 359 g/mol. The quantitative estimate of drug-likeness (QED) is 0.909. The molecule has 25 heavy (non-hydrogen) atoms. The van der Waals surface area contributed by atoms with Gasteiger partial charge in [0, 0.05) is 19.0 Å². The third kappa shape index (κ3) is 3.00. The Balaban J connectivity index is 1.63. The van der Waals surface area contributed by atoms with Crippen LogP contribution in [0.4, 0.5) is 5.82 Å². The number of nitrogens with zero attached hydrogens (tertiary/aromatic N) is 4. The Morgan fingerprint density at radius 3 is 2.88 bits per heavy atom. The molecule has 0 spiro atoms. The molecule has 1 unspecified atom stereocenters. The molecule has 1 aliphatic heterocycles. The highest BCUT2D eigenvalue weighted by Crippen LogP contribution is 2.37. The summed E-state index contributed by atoms with van der Waals surface area (Å²) < 4.78 is 0. The highest BCUT2D eigenvalue weighted by Gasteiger charge is 2.32. The number of carbonyl (C=O) groups is 1. The fraction of sp³-hybridized carbons (Fsp3) is 0.611. The predicted octanol–water partition coefficient (Wildman–Crippen LogP) is 2.20. The van der Waals surface area contributed by atoms with Crippen LogP contribution in [0.5, 0.6) is 0 Å². The average Bonchev–Trinajstić information content (AvgIpc) is 3.17. The van der Waals surface area contributed by atoms with Crippen molar-refractivity contribution in [3.63, 3.8) is 0 Å². The molecule has 1 aliphatic carbocycles. The molecule has 0 aromatic carbocycles. The van der Waals surface area contributed by atoms with E-state index in [1.54, 1.807) is 16.2 Å². The summed E-state index contributed by atoms with van der Waals surface area (Å²) in [7, 11) is 3.63. The predicted molar refractivity (Wildman–Crippen MR) is 101 cm³/mol. The smallest absolute Gasteiger partial charge is 0.239 e. The van der Waals surface area contributed by atoms with Gasteiger partial charge in [-0.15, -0.1) is 11.3 Å². The van der Waals surface area contributed by atoms with E-state index in [1.807, 2.05) is 14.1 Å². The first-order valence-corrected chi connectivity index (χ1v) is 9.88. The van der Waals surface area contributed by atoms with Gasteiger partial charge in [-0.2, -0.15) is 0 Å². The van der Waals surface area contributed by atoms with E-state index in [0.29, 0.717) is 12.4 Å². The van der Waals surface area contributed by atoms with Gasteiger partial charge in [-0.25, -0.2) is 9.97 Å². The summed E-state index contributed by atoms with van der Waals surface area (Å²) in [6.07, 6.45) is 6.64. The first-order chi connectivity index (χ1) is 12.0. The number of aromatic nitrogens is 2. The zero-order valence-corrected chi connectivity index (χ0v) is 15.7. The second kappa shape index (κ2) is 6.53. The van der Waals surface area contributed by atoms with Crippen LogP contribution in [0.2, 0.25) is 0 Å². The molecule has 2 aliphatic rings. The number of anilines is 1. The molecule has 1 saturated heterocycles. The lowest BCUT2D eigenvalue weighted by atomic mass is 9.97. The van der Waals surface area contributed by atoms with Crippen molar-refractivity contribution in [2.24, 2.45) is 0 Å². The Kier molecular flexibility index (Phi) is 4.37. The second-order valence-corrected chi connectivity index (χ2v) is 8.36. The van der Waals surface area contributed by atoms with Gasteiger partial charge < -0.3 is 10.6 Å². The zero-order valence-electron chi connectivity index (χ0n) is 14.9. The Morgan fingerprint density at radius 1 is 1.28 bits per heavy atom. The first-order valence-electron chi connectivity index (χ1n) is 9.06. The maximum Gasteiger partial charge on any atom is 0.239 e. The normalized spacial score (nSPS) is 20.8. The van der Waals surface area contributed by atoms with E-state index in [4.69, 9.17) is 10.7 Å². The molecule has 2 aromatic heterocycles. The summed E-state index contributed by atoms with van der Waals surface area (Å²) in [5.41, 5.74) is 7.68. The lowest BCUT2D eigenvalue weighted by Gasteiger charge is -2.25. The number of thiophene rings is 1. The van der Waals surface area contributed by atoms with Crippen molar-refractivity contribution in [2.45, 2.75) is 51.1 Å². The number of rotatable bonds is 3. The van der Waals surface area contributed by atoms with Gasteiger partial charge in [0.05, 0.1) is 18.0 Å². The molecule has 0 saturated carbocycles. The van der Waals surface area contributed by atoms with E-state index < -0.39 is 0 Å². The third-order valence-electron chi connectivity index (χ3n) is 5.32. The van der Waals surface area contributed by atoms with E-state index >= 15 is 0 Å². The van der Waals surface area contributed by atoms with Crippen LogP contribution in [0, 0.1) is 0 Å². The maximum absolute atomic E-state index is 12.4. The zero-order chi connectivity index (χ0) is 17.6. The number of fused-ring (bicyclic) bond motifs is 3. The number of nitrogen functional groups attached to an aromatic ring is 1. The molecular formula is C18H25N5OS. The van der Waals surface area contributed by atoms with Crippen LogP contribution in [0.3, 0.4) is 0 Å². The molecule has 4 rings (SSSR count). The van der Waals surface area contributed by atoms with Gasteiger partial charge in [-0.05, 0) is 50.6 Å². The first kappa shape index (κ1) is 16.7. The number of aryl methyl sites for hydroxylation is 2. The standard InChI is InChI=1S/C18H25N5OS/c1-22(2)18(24)12-7-5-9-23(12)10-14-20-16(19)15-11-6-3-4-8-13(11)25-17(15)21-14/h12H,3-10H2,1-2H3,(H2,19,20,21). The number of amides is 1. The Labute approximate surface area is 152 Å². The van der Waals surface area contributed by atoms with Crippen LogP contribution in [0.1, 0.15) is 41.9 Å². The molecule has 134 valence electrons. The molecule has 1 atom stereocenters. The fourth-order valence-corrected chi connectivity index (χ4v) is 5.36. The average molecular weight is 359 g/mol. The molecule has 2 N–H and O–H groups in total. The Hall–Kier alpha value is -1.73. The lowest BCUT2D eigenvalue weighted by Crippen LogP contribution is -2.42. The van der Waals surface area contributed by atoms with Crippen molar-refractivity contribution in [3.05, 3.63) is 16.3 Å². The van der Waals surface area contributed by atoms with Gasteiger partial charge >= 0.3 is 0 Å². The van der Waals surface area contributed by atoms with E-state index in [0.717, 1.165) is 48.3 Å². The largest absolute Gasteiger partial charge is 0.383 e. The van der Waals surface area contributed by atoms with E-state index in [2.05, 4.69) is 9.88 Å². The topological polar surface area (TPSA) is 75.4 Å². The van der Waals surface area contributed by atoms with Crippen molar-refractivity contribution in [2.75, 3.05) is 26.4 Å². The highest BCUT2D eigenvalue weighted by molar-refractivity contribution is 7.19. The van der Waals surface area contributed by atoms with Gasteiger partial charge in [-0.3, -0.25) is 9.69 Å². The fourth-order valence-electron chi connectivity index (χ4n) is 4.08. The van der Waals surface area contributed by atoms with Crippen molar-refractivity contribution in [3.8, 4) is 0 Å². The molecule has 0 bridgehead atoms. The summed E-state index contributed by atoms with van der Waals surface area (Å²) in [6, 6.07) is -0.0629. The molecule has 1 fully saturated rings. The Bertz CT molecular complexity index is 815. The van der Waals surface area contributed by atoms with Crippen molar-refractivity contribution in [1.82, 2.24) is 19.8 Å². The van der Waals surface area contributed by atoms with Crippen LogP contribution in [-0.4, -0.2) is 52.4 Å². The maximum atomic E-state index is 12.4. The molecule has 2 aromatic rings. The van der Waals surface area contributed by atoms with Crippen molar-refractivity contribution >= 4 is 33.3 Å². The summed E-state index contributed by atoms with van der Waals surface area (Å²) in [6.45, 7) is 1.50. The van der Waals surface area contributed by atoms with Crippen LogP contribution < -0.4 is 5.73 Å². The molecule has 6 nitrogen and oxygen atoms in total. The van der Waals surface area contributed by atoms with Gasteiger partial charge in [0.15, 0.2) is 0 Å². The minimum atomic E-state index is -0.0629. The van der Waals surface area contributed by atoms with Gasteiger partial charge in [0.2, 0.25) is 5.91 Å². The number of carbonyl (C=O) groups excluding carboxylic acids is 1. The number of hydrogen-bond donors (Lipinski definition) is 1. The third-order valence-corrected chi connectivity index (χ3v) is 6.51. The molecule has 3 heterocycles. The van der Waals surface area contributed by atoms with Crippen LogP contribution in [0.15, 0.2) is 0 Å². The van der Waals surface area contributed by atoms with E-state index in [1.165, 1.54) is 23.3 Å². The van der Waals surface area contributed by atoms with Crippen molar-refractivity contribution < 1.29 is 4.79 Å². The number of likely N-dealkylation sites (tertiary alicyclic amines) is 1. The van der Waals surface area contributed by atoms with Crippen LogP contribution >= 0.6 is 11.3 Å². The minimum absolute atomic E-state index is 0.0629. The molecule has 7 heteroatoms. The van der Waals surface area contributed by atoms with E-state index in [-0.39, 0.29) is 11.9 Å². The number of likely N-dealkylation sites (N-methyl/N-ethyl adjacent to an activating group) is 1. The van der Waals surface area contributed by atoms with E-state index in [9.17, 15) is 4.79 Å². The second-order valence-electron chi connectivity index (χ2n) is 7.28. The summed E-state index contributed by atoms with van der Waals surface area (Å²) in [4.78, 5) is 28.1. The summed E-state index contributed by atoms with van der Waals surface area (Å²) >= 11 is 1.77. The Morgan fingerprint density at radius 2 is 2.08 bits per heavy atom. The molecule has 0 radical (unpaired) electrons. The number of hydrogen-bond acceptors (Lipinski definition) is 6. The number of nitrogens with two attached hydrogens (primary N) is 1. The van der Waals surface area contributed by atoms with Crippen LogP contribution in [-0.2, 0) is 24.2 Å². The molecule has 1 amide bonds. The molecular weight excluding hydrogens is 334 g/mol. The SMILES string of the molecule is CN(C)C(=O)C1CCCN1Cc1nc(N)c2c3c(sc2n1)CCCC3. The van der Waals surface area contributed by atoms with Crippen molar-refractivity contribution in [1.29, 1.82) is 0 Å². The lowest BCUT2D eigenvalue weighted by molar-refractivity contribution is -0.133. The van der Waals surface area contributed by atoms with Gasteiger partial charge in [-0.1, -0.05) is 0 Å². The highest BCUT2D eigenvalue weighted by atomic mass is 32.1. The summed E-state index contributed by atoms with van der Waals surface area (Å²) in [5.74, 6) is 1.51.